The molecule has 17 heteroatoms. The van der Waals surface area contributed by atoms with Crippen molar-refractivity contribution in [3.05, 3.63) is 70.5 Å². The topological polar surface area (TPSA) is 155 Å². The number of hydrogen-bond donors (Lipinski definition) is 3. The Morgan fingerprint density at radius 3 is 2.28 bits per heavy atom. The molecule has 1 aliphatic carbocycles. The van der Waals surface area contributed by atoms with Crippen molar-refractivity contribution in [3.8, 4) is 17.6 Å². The summed E-state index contributed by atoms with van der Waals surface area (Å²) < 4.78 is 76.2. The molecule has 0 radical (unpaired) electrons. The molecule has 1 saturated carbocycles. The molecule has 57 heavy (non-hydrogen) atoms. The number of amides is 2. The number of halogens is 6. The first-order chi connectivity index (χ1) is 26.9. The van der Waals surface area contributed by atoms with Crippen molar-refractivity contribution in [2.24, 2.45) is 17.8 Å². The highest BCUT2D eigenvalue weighted by atomic mass is 32.1. The van der Waals surface area contributed by atoms with Gasteiger partial charge in [0, 0.05) is 48.9 Å². The van der Waals surface area contributed by atoms with Gasteiger partial charge in [0.2, 0.25) is 12.3 Å². The molecule has 312 valence electrons. The number of aliphatic carboxylic acids is 1. The van der Waals surface area contributed by atoms with E-state index in [2.05, 4.69) is 19.6 Å². The number of likely N-dealkylation sites (tertiary alicyclic amines) is 2. The molecule has 4 atom stereocenters. The van der Waals surface area contributed by atoms with Crippen LogP contribution in [0, 0.1) is 34.5 Å². The molecule has 10 nitrogen and oxygen atoms in total. The number of nitrogens with one attached hydrogen (secondary N) is 1. The summed E-state index contributed by atoms with van der Waals surface area (Å²) >= 11 is 0.481. The lowest BCUT2D eigenvalue weighted by molar-refractivity contribution is -0.143. The number of allylic oxidation sites excluding steroid dienone is 3. The standard InChI is InChI=1S/C29H39N3O5.C6H6F3N.C5H3F3OS/c1-2-6-25-23(7-5-14-32(25)20-33)27(34)31-15-12-29(19-30,13-16-31)24-8-3-4-9-26(24)37-18-21-10-11-22(17-21)28(35)36;1-2-3-5(4-10)6(7,8)9;6-5(7,8)4-1-3(9)2-10-4/h3-4,8-9,20-23,25H,2,5-7,10-18H2,1H3,(H,35,36);2-4,10H,1H2;1-2,9H/b;5-3+,10-4?;. The first-order valence-corrected chi connectivity index (χ1v) is 19.4. The molecule has 1 aromatic carbocycles. The second kappa shape index (κ2) is 21.1. The fraction of sp³-hybridized carbons (Fsp3) is 0.525. The van der Waals surface area contributed by atoms with E-state index >= 15 is 0 Å². The average molecular weight is 827 g/mol. The predicted octanol–water partition coefficient (Wildman–Crippen LogP) is 8.77. The van der Waals surface area contributed by atoms with Gasteiger partial charge in [0.05, 0.1) is 35.5 Å². The molecule has 2 saturated heterocycles. The third-order valence-electron chi connectivity index (χ3n) is 10.4. The van der Waals surface area contributed by atoms with Crippen LogP contribution in [0.2, 0.25) is 0 Å². The van der Waals surface area contributed by atoms with Crippen LogP contribution in [0.25, 0.3) is 0 Å². The summed E-state index contributed by atoms with van der Waals surface area (Å²) in [5.74, 6) is -0.557. The first-order valence-electron chi connectivity index (χ1n) is 18.6. The second-order valence-electron chi connectivity index (χ2n) is 14.2. The van der Waals surface area contributed by atoms with E-state index in [1.54, 1.807) is 4.90 Å². The van der Waals surface area contributed by atoms with E-state index in [4.69, 9.17) is 15.3 Å². The largest absolute Gasteiger partial charge is 0.507 e. The Morgan fingerprint density at radius 1 is 1.12 bits per heavy atom. The zero-order valence-electron chi connectivity index (χ0n) is 31.5. The Bertz CT molecular complexity index is 1750. The number of nitriles is 1. The molecule has 2 amide bonds. The summed E-state index contributed by atoms with van der Waals surface area (Å²) in [6, 6.07) is 10.9. The summed E-state index contributed by atoms with van der Waals surface area (Å²) in [5, 5.41) is 35.5. The van der Waals surface area contributed by atoms with Crippen LogP contribution in [0.3, 0.4) is 0 Å². The maximum Gasteiger partial charge on any atom is 0.425 e. The number of rotatable bonds is 11. The number of carbonyl (C=O) groups excluding carboxylic acids is 2. The minimum atomic E-state index is -4.43. The van der Waals surface area contributed by atoms with E-state index in [9.17, 15) is 51.1 Å². The van der Waals surface area contributed by atoms with Gasteiger partial charge in [0.15, 0.2) is 0 Å². The van der Waals surface area contributed by atoms with Crippen molar-refractivity contribution in [2.45, 2.75) is 88.5 Å². The summed E-state index contributed by atoms with van der Waals surface area (Å²) in [4.78, 5) is 39.4. The first kappa shape index (κ1) is 46.5. The minimum absolute atomic E-state index is 0.0446. The van der Waals surface area contributed by atoms with Crippen LogP contribution in [-0.4, -0.2) is 83.0 Å². The number of nitrogens with zero attached hydrogens (tertiary/aromatic N) is 3. The molecule has 3 heterocycles. The van der Waals surface area contributed by atoms with Crippen molar-refractivity contribution in [1.82, 2.24) is 9.80 Å². The number of piperidine rings is 2. The highest BCUT2D eigenvalue weighted by Crippen LogP contribution is 2.42. The van der Waals surface area contributed by atoms with Crippen LogP contribution in [0.15, 0.2) is 60.0 Å². The maximum absolute atomic E-state index is 13.6. The summed E-state index contributed by atoms with van der Waals surface area (Å²) in [6.07, 6.45) is 0.701. The van der Waals surface area contributed by atoms with Gasteiger partial charge in [-0.1, -0.05) is 44.2 Å². The fourth-order valence-corrected chi connectivity index (χ4v) is 8.06. The van der Waals surface area contributed by atoms with Gasteiger partial charge >= 0.3 is 18.3 Å². The summed E-state index contributed by atoms with van der Waals surface area (Å²) in [7, 11) is 0. The molecular formula is C40H48F6N4O6S. The average Bonchev–Trinajstić information content (AvgIpc) is 3.86. The normalized spacial score (nSPS) is 22.1. The predicted molar refractivity (Wildman–Crippen MR) is 202 cm³/mol. The highest BCUT2D eigenvalue weighted by molar-refractivity contribution is 7.10. The lowest BCUT2D eigenvalue weighted by Gasteiger charge is -2.43. The molecule has 1 aromatic heterocycles. The van der Waals surface area contributed by atoms with Gasteiger partial charge < -0.3 is 30.2 Å². The van der Waals surface area contributed by atoms with Gasteiger partial charge in [-0.15, -0.1) is 11.3 Å². The zero-order valence-corrected chi connectivity index (χ0v) is 32.3. The monoisotopic (exact) mass is 826 g/mol. The molecule has 5 rings (SSSR count). The summed E-state index contributed by atoms with van der Waals surface area (Å²) in [5.41, 5.74) is -0.884. The lowest BCUT2D eigenvalue weighted by atomic mass is 9.73. The number of hydrogen-bond acceptors (Lipinski definition) is 8. The Morgan fingerprint density at radius 2 is 1.81 bits per heavy atom. The Hall–Kier alpha value is -4.85. The van der Waals surface area contributed by atoms with Crippen molar-refractivity contribution in [1.29, 1.82) is 10.7 Å². The van der Waals surface area contributed by atoms with Gasteiger partial charge in [-0.2, -0.15) is 31.6 Å². The molecule has 0 bridgehead atoms. The number of carbonyl (C=O) groups is 3. The smallest absolute Gasteiger partial charge is 0.425 e. The molecular weight excluding hydrogens is 779 g/mol. The van der Waals surface area contributed by atoms with Crippen molar-refractivity contribution >= 4 is 35.8 Å². The molecule has 3 aliphatic rings. The third-order valence-corrected chi connectivity index (χ3v) is 11.4. The Balaban J connectivity index is 0.000000355. The second-order valence-corrected chi connectivity index (χ2v) is 15.1. The number of benzene rings is 1. The number of carboxylic acids is 1. The van der Waals surface area contributed by atoms with E-state index in [-0.39, 0.29) is 41.7 Å². The van der Waals surface area contributed by atoms with Crippen LogP contribution < -0.4 is 4.74 Å². The molecule has 0 spiro atoms. The van der Waals surface area contributed by atoms with Crippen molar-refractivity contribution in [3.63, 3.8) is 0 Å². The number of aromatic hydroxyl groups is 1. The van der Waals surface area contributed by atoms with E-state index in [0.29, 0.717) is 75.1 Å². The summed E-state index contributed by atoms with van der Waals surface area (Å²) in [6.45, 7) is 7.32. The van der Waals surface area contributed by atoms with Gasteiger partial charge in [-0.05, 0) is 69.4 Å². The minimum Gasteiger partial charge on any atom is -0.507 e. The Labute approximate surface area is 331 Å². The molecule has 3 N–H and O–H groups in total. The number of thiophene rings is 1. The van der Waals surface area contributed by atoms with Crippen LogP contribution in [0.5, 0.6) is 11.5 Å². The number of carboxylic acid groups (broad SMARTS) is 1. The van der Waals surface area contributed by atoms with Crippen LogP contribution in [0.1, 0.15) is 75.2 Å². The van der Waals surface area contributed by atoms with Gasteiger partial charge in [0.1, 0.15) is 16.4 Å². The molecule has 3 fully saturated rings. The zero-order chi connectivity index (χ0) is 42.4. The number of ether oxygens (including phenoxy) is 1. The van der Waals surface area contributed by atoms with Crippen LogP contribution >= 0.6 is 11.3 Å². The third kappa shape index (κ3) is 12.8. The van der Waals surface area contributed by atoms with E-state index in [1.165, 1.54) is 0 Å². The quantitative estimate of drug-likeness (QED) is 0.0886. The van der Waals surface area contributed by atoms with E-state index in [0.717, 1.165) is 61.6 Å². The van der Waals surface area contributed by atoms with Gasteiger partial charge in [-0.25, -0.2) is 0 Å². The fourth-order valence-electron chi connectivity index (χ4n) is 7.42. The molecule has 2 aromatic rings. The van der Waals surface area contributed by atoms with E-state index in [1.807, 2.05) is 29.2 Å². The Kier molecular flexibility index (Phi) is 17.2. The highest BCUT2D eigenvalue weighted by Gasteiger charge is 2.43. The molecule has 2 aliphatic heterocycles. The maximum atomic E-state index is 13.6. The lowest BCUT2D eigenvalue weighted by Crippen LogP contribution is -2.53. The molecule has 4 unspecified atom stereocenters. The SMILES string of the molecule is C=C/C=C(\C=N)C(F)(F)F.CCCC1C(C(=O)N2CCC(C#N)(c3ccccc3OCC3CCC(C(=O)O)C3)CC2)CCCN1C=O.Oc1csc(C(F)(F)F)c1. The number of para-hydroxylation sites is 1. The van der Waals surface area contributed by atoms with Gasteiger partial charge in [0.25, 0.3) is 0 Å². The van der Waals surface area contributed by atoms with Crippen LogP contribution in [-0.2, 0) is 26.0 Å². The van der Waals surface area contributed by atoms with Gasteiger partial charge in [-0.3, -0.25) is 14.4 Å². The number of alkyl halides is 6. The van der Waals surface area contributed by atoms with Crippen molar-refractivity contribution in [2.75, 3.05) is 26.2 Å². The van der Waals surface area contributed by atoms with Crippen LogP contribution in [0.4, 0.5) is 26.3 Å². The van der Waals surface area contributed by atoms with E-state index < -0.39 is 34.2 Å². The van der Waals surface area contributed by atoms with Crippen molar-refractivity contribution < 1.29 is 55.7 Å².